The third-order valence-electron chi connectivity index (χ3n) is 2.36. The van der Waals surface area contributed by atoms with Gasteiger partial charge in [0.05, 0.1) is 5.56 Å². The van der Waals surface area contributed by atoms with E-state index in [0.29, 0.717) is 16.3 Å². The van der Waals surface area contributed by atoms with E-state index in [0.717, 1.165) is 9.26 Å². The number of hydrogen-bond acceptors (Lipinski definition) is 2. The fourth-order valence-corrected chi connectivity index (χ4v) is 2.01. The minimum Gasteiger partial charge on any atom is -0.398 e. The Morgan fingerprint density at radius 2 is 1.83 bits per heavy atom. The smallest absolute Gasteiger partial charge is 0.257 e. The number of benzene rings is 2. The first kappa shape index (κ1) is 13.2. The van der Waals surface area contributed by atoms with Crippen LogP contribution in [-0.2, 0) is 0 Å². The number of hydrogen-bond donors (Lipinski definition) is 2. The number of carbonyl (C=O) groups is 1. The number of amides is 1. The van der Waals surface area contributed by atoms with E-state index in [9.17, 15) is 4.79 Å². The fraction of sp³-hybridized carbons (Fsp3) is 0. The molecule has 0 aliphatic rings. The number of carbonyl (C=O) groups excluding carboxylic acids is 1. The SMILES string of the molecule is Nc1cc(Cl)ccc1C(=O)Nc1ccc(I)cc1. The molecule has 2 aromatic carbocycles. The van der Waals surface area contributed by atoms with Crippen molar-refractivity contribution in [2.75, 3.05) is 11.1 Å². The Bertz CT molecular complexity index is 584. The second kappa shape index (κ2) is 5.58. The minimum absolute atomic E-state index is 0.245. The Morgan fingerprint density at radius 3 is 2.44 bits per heavy atom. The topological polar surface area (TPSA) is 55.1 Å². The lowest BCUT2D eigenvalue weighted by atomic mass is 10.1. The summed E-state index contributed by atoms with van der Waals surface area (Å²) in [7, 11) is 0. The molecule has 2 aromatic rings. The van der Waals surface area contributed by atoms with E-state index in [1.54, 1.807) is 18.2 Å². The van der Waals surface area contributed by atoms with E-state index in [1.807, 2.05) is 24.3 Å². The second-order valence-corrected chi connectivity index (χ2v) is 5.37. The van der Waals surface area contributed by atoms with Gasteiger partial charge in [-0.3, -0.25) is 4.79 Å². The van der Waals surface area contributed by atoms with Crippen molar-refractivity contribution in [3.8, 4) is 0 Å². The molecule has 0 aromatic heterocycles. The van der Waals surface area contributed by atoms with Crippen LogP contribution < -0.4 is 11.1 Å². The quantitative estimate of drug-likeness (QED) is 0.623. The summed E-state index contributed by atoms with van der Waals surface area (Å²) in [5, 5.41) is 3.29. The summed E-state index contributed by atoms with van der Waals surface area (Å²) in [6.45, 7) is 0. The summed E-state index contributed by atoms with van der Waals surface area (Å²) in [5.41, 5.74) is 7.27. The largest absolute Gasteiger partial charge is 0.398 e. The first-order valence-electron chi connectivity index (χ1n) is 5.18. The zero-order valence-corrected chi connectivity index (χ0v) is 12.2. The molecule has 1 amide bonds. The van der Waals surface area contributed by atoms with Crippen LogP contribution in [0.5, 0.6) is 0 Å². The maximum atomic E-state index is 12.0. The molecule has 0 atom stereocenters. The highest BCUT2D eigenvalue weighted by Gasteiger charge is 2.10. The number of nitrogen functional groups attached to an aromatic ring is 1. The lowest BCUT2D eigenvalue weighted by Gasteiger charge is -2.07. The second-order valence-electron chi connectivity index (χ2n) is 3.69. The lowest BCUT2D eigenvalue weighted by molar-refractivity contribution is 0.102. The standard InChI is InChI=1S/C13H10ClIN2O/c14-8-1-6-11(12(16)7-8)13(18)17-10-4-2-9(15)3-5-10/h1-7H,16H2,(H,17,18). The highest BCUT2D eigenvalue weighted by atomic mass is 127. The molecule has 3 N–H and O–H groups in total. The summed E-state index contributed by atoms with van der Waals surface area (Å²) >= 11 is 7.99. The molecule has 5 heteroatoms. The molecule has 0 unspecified atom stereocenters. The molecule has 0 radical (unpaired) electrons. The average Bonchev–Trinajstić information content (AvgIpc) is 2.32. The Balaban J connectivity index is 2.19. The van der Waals surface area contributed by atoms with Gasteiger partial charge < -0.3 is 11.1 Å². The average molecular weight is 373 g/mol. The molecule has 0 aliphatic heterocycles. The van der Waals surface area contributed by atoms with Crippen LogP contribution in [0.2, 0.25) is 5.02 Å². The molecule has 0 spiro atoms. The van der Waals surface area contributed by atoms with Crippen molar-refractivity contribution in [1.82, 2.24) is 0 Å². The summed E-state index contributed by atoms with van der Waals surface area (Å²) in [6, 6.07) is 12.3. The normalized spacial score (nSPS) is 10.1. The predicted molar refractivity (Wildman–Crippen MR) is 83.0 cm³/mol. The van der Waals surface area contributed by atoms with E-state index in [2.05, 4.69) is 27.9 Å². The molecular weight excluding hydrogens is 363 g/mol. The van der Waals surface area contributed by atoms with Crippen molar-refractivity contribution < 1.29 is 4.79 Å². The van der Waals surface area contributed by atoms with E-state index in [-0.39, 0.29) is 5.91 Å². The Morgan fingerprint density at radius 1 is 1.17 bits per heavy atom. The number of nitrogens with two attached hydrogens (primary N) is 1. The molecule has 92 valence electrons. The molecule has 2 rings (SSSR count). The predicted octanol–water partition coefficient (Wildman–Crippen LogP) is 3.78. The van der Waals surface area contributed by atoms with Gasteiger partial charge in [0.2, 0.25) is 0 Å². The van der Waals surface area contributed by atoms with Crippen molar-refractivity contribution in [1.29, 1.82) is 0 Å². The summed E-state index contributed by atoms with van der Waals surface area (Å²) in [5.74, 6) is -0.245. The van der Waals surface area contributed by atoms with Crippen molar-refractivity contribution in [3.63, 3.8) is 0 Å². The first-order chi connectivity index (χ1) is 8.56. The van der Waals surface area contributed by atoms with Crippen LogP contribution in [0, 0.1) is 3.57 Å². The van der Waals surface area contributed by atoms with Crippen LogP contribution in [0.4, 0.5) is 11.4 Å². The van der Waals surface area contributed by atoms with Gasteiger partial charge in [-0.1, -0.05) is 11.6 Å². The molecule has 0 bridgehead atoms. The molecular formula is C13H10ClIN2O. The van der Waals surface area contributed by atoms with E-state index in [4.69, 9.17) is 17.3 Å². The molecule has 3 nitrogen and oxygen atoms in total. The van der Waals surface area contributed by atoms with Gasteiger partial charge in [-0.25, -0.2) is 0 Å². The Kier molecular flexibility index (Phi) is 4.08. The van der Waals surface area contributed by atoms with Crippen molar-refractivity contribution in [2.45, 2.75) is 0 Å². The van der Waals surface area contributed by atoms with Crippen molar-refractivity contribution in [3.05, 3.63) is 56.6 Å². The number of rotatable bonds is 2. The van der Waals surface area contributed by atoms with E-state index in [1.165, 1.54) is 0 Å². The van der Waals surface area contributed by atoms with Gasteiger partial charge >= 0.3 is 0 Å². The fourth-order valence-electron chi connectivity index (χ4n) is 1.47. The molecule has 0 saturated carbocycles. The van der Waals surface area contributed by atoms with Crippen LogP contribution in [0.1, 0.15) is 10.4 Å². The van der Waals surface area contributed by atoms with E-state index >= 15 is 0 Å². The molecule has 18 heavy (non-hydrogen) atoms. The lowest BCUT2D eigenvalue weighted by Crippen LogP contribution is -2.13. The third kappa shape index (κ3) is 3.14. The van der Waals surface area contributed by atoms with E-state index < -0.39 is 0 Å². The van der Waals surface area contributed by atoms with Crippen LogP contribution in [-0.4, -0.2) is 5.91 Å². The van der Waals surface area contributed by atoms with Crippen LogP contribution in [0.15, 0.2) is 42.5 Å². The maximum Gasteiger partial charge on any atom is 0.257 e. The van der Waals surface area contributed by atoms with Crippen molar-refractivity contribution >= 4 is 51.5 Å². The molecule has 0 saturated heterocycles. The minimum atomic E-state index is -0.245. The number of anilines is 2. The third-order valence-corrected chi connectivity index (χ3v) is 3.31. The van der Waals surface area contributed by atoms with Crippen LogP contribution in [0.3, 0.4) is 0 Å². The van der Waals surface area contributed by atoms with Gasteiger partial charge in [0.1, 0.15) is 0 Å². The molecule has 0 aliphatic carbocycles. The highest BCUT2D eigenvalue weighted by molar-refractivity contribution is 14.1. The van der Waals surface area contributed by atoms with Gasteiger partial charge in [-0.05, 0) is 65.1 Å². The summed E-state index contributed by atoms with van der Waals surface area (Å²) in [4.78, 5) is 12.0. The number of halogens is 2. The van der Waals surface area contributed by atoms with Gasteiger partial charge in [-0.15, -0.1) is 0 Å². The Hall–Kier alpha value is -1.27. The zero-order valence-electron chi connectivity index (χ0n) is 9.28. The van der Waals surface area contributed by atoms with Gasteiger partial charge in [0, 0.05) is 20.0 Å². The van der Waals surface area contributed by atoms with Gasteiger partial charge in [0.15, 0.2) is 0 Å². The Labute approximate surface area is 123 Å². The zero-order chi connectivity index (χ0) is 13.1. The highest BCUT2D eigenvalue weighted by Crippen LogP contribution is 2.19. The van der Waals surface area contributed by atoms with Gasteiger partial charge in [-0.2, -0.15) is 0 Å². The van der Waals surface area contributed by atoms with Crippen LogP contribution >= 0.6 is 34.2 Å². The maximum absolute atomic E-state index is 12.0. The summed E-state index contributed by atoms with van der Waals surface area (Å²) < 4.78 is 1.11. The number of nitrogens with one attached hydrogen (secondary N) is 1. The first-order valence-corrected chi connectivity index (χ1v) is 6.64. The molecule has 0 fully saturated rings. The summed E-state index contributed by atoms with van der Waals surface area (Å²) in [6.07, 6.45) is 0. The monoisotopic (exact) mass is 372 g/mol. The van der Waals surface area contributed by atoms with Gasteiger partial charge in [0.25, 0.3) is 5.91 Å². The molecule has 0 heterocycles. The van der Waals surface area contributed by atoms with Crippen molar-refractivity contribution in [2.24, 2.45) is 0 Å². The van der Waals surface area contributed by atoms with Crippen LogP contribution in [0.25, 0.3) is 0 Å².